The number of hydrogen-bond acceptors (Lipinski definition) is 10. The van der Waals surface area contributed by atoms with Crippen molar-refractivity contribution in [3.8, 4) is 0 Å². The number of carbonyl (C=O) groups is 4. The molecule has 1 aliphatic heterocycles. The van der Waals surface area contributed by atoms with Crippen LogP contribution >= 0.6 is 11.8 Å². The van der Waals surface area contributed by atoms with Gasteiger partial charge in [0.05, 0.1) is 22.3 Å². The molecule has 0 unspecified atom stereocenters. The average Bonchev–Trinajstić information content (AvgIpc) is 3.19. The van der Waals surface area contributed by atoms with E-state index in [9.17, 15) is 19.2 Å². The second kappa shape index (κ2) is 17.3. The van der Waals surface area contributed by atoms with Crippen LogP contribution < -0.4 is 0 Å². The van der Waals surface area contributed by atoms with Gasteiger partial charge < -0.3 is 23.7 Å². The second-order valence-electron chi connectivity index (χ2n) is 11.5. The fraction of sp³-hybridized carbons (Fsp3) is 0.171. The standard InChI is InChI=1S/C41H34O9S/c42-38(28-16-6-1-7-17-28)46-26-33-35(48-39(43)29-18-8-2-9-19-29)37(50-41(45)31-22-12-4-13-23-31)36(49-40(44)30-20-10-3-11-21-30)34(47-33)27-51-32-24-14-5-15-25-32/h1-25,33-37H,26-27H2/t33-,34+,35-,36+,37+/m1/s1. The maximum atomic E-state index is 13.7. The van der Waals surface area contributed by atoms with Gasteiger partial charge >= 0.3 is 23.9 Å². The summed E-state index contributed by atoms with van der Waals surface area (Å²) in [5.74, 6) is -2.56. The highest BCUT2D eigenvalue weighted by atomic mass is 32.2. The fourth-order valence-corrected chi connectivity index (χ4v) is 6.46. The molecule has 0 N–H and O–H groups in total. The molecule has 1 aliphatic rings. The lowest BCUT2D eigenvalue weighted by molar-refractivity contribution is -0.223. The quantitative estimate of drug-likeness (QED) is 0.0759. The SMILES string of the molecule is O=C(OC[C@H]1O[C@@H](CSc2ccccc2)[C@H](OC(=O)c2ccccc2)[C@@H](OC(=O)c2ccccc2)[C@@H]1OC(=O)c1ccccc1)c1ccccc1. The van der Waals surface area contributed by atoms with Gasteiger partial charge in [0.2, 0.25) is 0 Å². The number of esters is 4. The Morgan fingerprint density at radius 3 is 1.24 bits per heavy atom. The van der Waals surface area contributed by atoms with Crippen molar-refractivity contribution >= 4 is 35.6 Å². The predicted molar refractivity (Wildman–Crippen MR) is 189 cm³/mol. The molecule has 9 nitrogen and oxygen atoms in total. The molecule has 10 heteroatoms. The molecule has 0 aliphatic carbocycles. The van der Waals surface area contributed by atoms with E-state index in [0.29, 0.717) is 5.56 Å². The van der Waals surface area contributed by atoms with Crippen molar-refractivity contribution in [3.63, 3.8) is 0 Å². The summed E-state index contributed by atoms with van der Waals surface area (Å²) in [6.07, 6.45) is -6.05. The fourth-order valence-electron chi connectivity index (χ4n) is 5.49. The molecule has 0 aromatic heterocycles. The van der Waals surface area contributed by atoms with Gasteiger partial charge in [-0.25, -0.2) is 19.2 Å². The summed E-state index contributed by atoms with van der Waals surface area (Å²) in [6.45, 7) is -0.369. The summed E-state index contributed by atoms with van der Waals surface area (Å²) >= 11 is 1.43. The summed E-state index contributed by atoms with van der Waals surface area (Å²) in [6, 6.07) is 42.9. The first-order valence-electron chi connectivity index (χ1n) is 16.3. The Bertz CT molecular complexity index is 1890. The number of carbonyl (C=O) groups excluding carboxylic acids is 4. The first-order chi connectivity index (χ1) is 25.0. The zero-order valence-corrected chi connectivity index (χ0v) is 28.1. The highest BCUT2D eigenvalue weighted by Gasteiger charge is 2.53. The molecule has 0 spiro atoms. The molecular formula is C41H34O9S. The van der Waals surface area contributed by atoms with Crippen molar-refractivity contribution in [3.05, 3.63) is 174 Å². The Kier molecular flexibility index (Phi) is 11.9. The molecule has 5 atom stereocenters. The number of hydrogen-bond donors (Lipinski definition) is 0. The molecule has 258 valence electrons. The van der Waals surface area contributed by atoms with Crippen LogP contribution in [0.15, 0.2) is 157 Å². The van der Waals surface area contributed by atoms with Gasteiger partial charge in [-0.05, 0) is 60.7 Å². The zero-order chi connectivity index (χ0) is 35.4. The lowest BCUT2D eigenvalue weighted by Gasteiger charge is -2.44. The van der Waals surface area contributed by atoms with Crippen LogP contribution in [0, 0.1) is 0 Å². The van der Waals surface area contributed by atoms with Crippen molar-refractivity contribution in [2.45, 2.75) is 35.4 Å². The molecule has 0 saturated carbocycles. The molecule has 51 heavy (non-hydrogen) atoms. The van der Waals surface area contributed by atoms with Gasteiger partial charge in [0.15, 0.2) is 18.3 Å². The zero-order valence-electron chi connectivity index (χ0n) is 27.3. The first kappa shape index (κ1) is 35.1. The summed E-state index contributed by atoms with van der Waals surface area (Å²) in [4.78, 5) is 55.0. The molecular weight excluding hydrogens is 669 g/mol. The second-order valence-corrected chi connectivity index (χ2v) is 12.6. The van der Waals surface area contributed by atoms with Gasteiger partial charge in [-0.1, -0.05) is 91.0 Å². The van der Waals surface area contributed by atoms with E-state index in [2.05, 4.69) is 0 Å². The summed E-state index contributed by atoms with van der Waals surface area (Å²) in [7, 11) is 0. The average molecular weight is 703 g/mol. The Balaban J connectivity index is 1.39. The third kappa shape index (κ3) is 9.30. The topological polar surface area (TPSA) is 114 Å². The number of benzene rings is 5. The van der Waals surface area contributed by atoms with Crippen molar-refractivity contribution in [2.75, 3.05) is 12.4 Å². The van der Waals surface area contributed by atoms with Gasteiger partial charge in [0.25, 0.3) is 0 Å². The molecule has 5 aromatic carbocycles. The van der Waals surface area contributed by atoms with E-state index in [0.717, 1.165) is 4.90 Å². The largest absolute Gasteiger partial charge is 0.459 e. The van der Waals surface area contributed by atoms with Crippen molar-refractivity contribution in [2.24, 2.45) is 0 Å². The van der Waals surface area contributed by atoms with Gasteiger partial charge in [-0.3, -0.25) is 0 Å². The van der Waals surface area contributed by atoms with Crippen LogP contribution in [0.25, 0.3) is 0 Å². The minimum atomic E-state index is -1.38. The molecule has 0 amide bonds. The van der Waals surface area contributed by atoms with Gasteiger partial charge in [-0.2, -0.15) is 0 Å². The molecule has 0 bridgehead atoms. The van der Waals surface area contributed by atoms with Crippen molar-refractivity contribution in [1.29, 1.82) is 0 Å². The van der Waals surface area contributed by atoms with Crippen LogP contribution in [-0.2, 0) is 23.7 Å². The van der Waals surface area contributed by atoms with E-state index in [-0.39, 0.29) is 29.1 Å². The van der Waals surface area contributed by atoms with Crippen LogP contribution in [0.2, 0.25) is 0 Å². The number of ether oxygens (including phenoxy) is 5. The Morgan fingerprint density at radius 2 is 0.804 bits per heavy atom. The minimum absolute atomic E-state index is 0.227. The Labute approximate surface area is 299 Å². The smallest absolute Gasteiger partial charge is 0.338 e. The maximum Gasteiger partial charge on any atom is 0.338 e. The van der Waals surface area contributed by atoms with Gasteiger partial charge in [-0.15, -0.1) is 11.8 Å². The lowest BCUT2D eigenvalue weighted by Crippen LogP contribution is -2.63. The van der Waals surface area contributed by atoms with Gasteiger partial charge in [0, 0.05) is 10.6 Å². The molecule has 1 heterocycles. The monoisotopic (exact) mass is 702 g/mol. The summed E-state index contributed by atoms with van der Waals surface area (Å²) in [5, 5.41) is 0. The summed E-state index contributed by atoms with van der Waals surface area (Å²) in [5.41, 5.74) is 1.03. The van der Waals surface area contributed by atoms with Crippen molar-refractivity contribution < 1.29 is 42.9 Å². The van der Waals surface area contributed by atoms with E-state index in [1.807, 2.05) is 30.3 Å². The van der Waals surface area contributed by atoms with Crippen LogP contribution in [0.5, 0.6) is 0 Å². The number of rotatable bonds is 12. The van der Waals surface area contributed by atoms with E-state index in [1.165, 1.54) is 11.8 Å². The van der Waals surface area contributed by atoms with E-state index in [4.69, 9.17) is 23.7 Å². The van der Waals surface area contributed by atoms with Crippen LogP contribution in [0.4, 0.5) is 0 Å². The molecule has 5 aromatic rings. The molecule has 6 rings (SSSR count). The lowest BCUT2D eigenvalue weighted by atomic mass is 9.94. The Hall–Kier alpha value is -5.71. The highest BCUT2D eigenvalue weighted by Crippen LogP contribution is 2.34. The van der Waals surface area contributed by atoms with Crippen LogP contribution in [0.3, 0.4) is 0 Å². The number of thioether (sulfide) groups is 1. The van der Waals surface area contributed by atoms with E-state index < -0.39 is 54.4 Å². The van der Waals surface area contributed by atoms with E-state index >= 15 is 0 Å². The van der Waals surface area contributed by atoms with Crippen molar-refractivity contribution in [1.82, 2.24) is 0 Å². The molecule has 1 fully saturated rings. The third-order valence-corrected chi connectivity index (χ3v) is 9.13. The normalized spacial score (nSPS) is 19.6. The Morgan fingerprint density at radius 1 is 0.451 bits per heavy atom. The third-order valence-electron chi connectivity index (χ3n) is 8.03. The maximum absolute atomic E-state index is 13.7. The van der Waals surface area contributed by atoms with Crippen LogP contribution in [-0.4, -0.2) is 66.8 Å². The molecule has 1 saturated heterocycles. The van der Waals surface area contributed by atoms with E-state index in [1.54, 1.807) is 121 Å². The van der Waals surface area contributed by atoms with Crippen LogP contribution in [0.1, 0.15) is 41.4 Å². The summed E-state index contributed by atoms with van der Waals surface area (Å²) < 4.78 is 30.6. The molecule has 0 radical (unpaired) electrons. The van der Waals surface area contributed by atoms with Gasteiger partial charge in [0.1, 0.15) is 18.8 Å². The first-order valence-corrected chi connectivity index (χ1v) is 17.3. The predicted octanol–water partition coefficient (Wildman–Crippen LogP) is 7.08. The minimum Gasteiger partial charge on any atom is -0.459 e. The highest BCUT2D eigenvalue weighted by molar-refractivity contribution is 7.99.